The molecule has 9 heteroatoms. The molecule has 0 aliphatic heterocycles. The van der Waals surface area contributed by atoms with E-state index in [1.54, 1.807) is 0 Å². The summed E-state index contributed by atoms with van der Waals surface area (Å²) in [4.78, 5) is 23.0. The lowest BCUT2D eigenvalue weighted by molar-refractivity contribution is -0.870. The van der Waals surface area contributed by atoms with Crippen LogP contribution in [0.3, 0.4) is 0 Å². The Morgan fingerprint density at radius 3 is 1.34 bits per heavy atom. The third-order valence-corrected chi connectivity index (χ3v) is 11.3. The lowest BCUT2D eigenvalue weighted by Crippen LogP contribution is -2.37. The number of quaternary nitrogens is 1. The number of carbonyl (C=O) groups excluding carboxylic acids is 1. The molecule has 2 atom stereocenters. The normalized spacial score (nSPS) is 14.5. The number of phosphoric ester groups is 1. The number of phosphoric acid groups is 1. The van der Waals surface area contributed by atoms with Crippen LogP contribution in [0.5, 0.6) is 0 Å². The summed E-state index contributed by atoms with van der Waals surface area (Å²) < 4.78 is 35.0. The third-order valence-electron chi connectivity index (χ3n) is 10.3. The van der Waals surface area contributed by atoms with Crippen molar-refractivity contribution >= 4 is 13.8 Å². The summed E-state index contributed by atoms with van der Waals surface area (Å²) in [5.74, 6) is -0.401. The second kappa shape index (κ2) is 47.6. The molecule has 0 heterocycles. The molecule has 8 nitrogen and oxygen atoms in total. The van der Waals surface area contributed by atoms with Crippen LogP contribution < -0.4 is 0 Å². The number of unbranched alkanes of at least 4 members (excludes halogenated alkanes) is 14. The monoisotopic (exact) mass is 927 g/mol. The third kappa shape index (κ3) is 52.0. The summed E-state index contributed by atoms with van der Waals surface area (Å²) in [6.45, 7) is 5.36. The predicted octanol–water partition coefficient (Wildman–Crippen LogP) is 15.9. The fourth-order valence-electron chi connectivity index (χ4n) is 6.41. The molecular formula is C56H97NO7P+. The minimum absolute atomic E-state index is 0.0675. The maximum Gasteiger partial charge on any atom is 0.472 e. The Morgan fingerprint density at radius 1 is 0.492 bits per heavy atom. The van der Waals surface area contributed by atoms with Crippen molar-refractivity contribution in [1.29, 1.82) is 0 Å². The van der Waals surface area contributed by atoms with Gasteiger partial charge in [0, 0.05) is 13.0 Å². The number of likely N-dealkylation sites (N-methyl/N-ethyl adjacent to an activating group) is 1. The lowest BCUT2D eigenvalue weighted by Gasteiger charge is -2.24. The SMILES string of the molecule is CC/C=C\C/C=C\C/C=C\C/C=C\C/C=C\C/C=C\CCC(=O)OC(COCCCCCCCCCCC/C=C\C/C=C\C/C=C\CCCCCCC)COP(=O)(O)OCC[N+](C)(C)C. The second-order valence-electron chi connectivity index (χ2n) is 17.8. The standard InChI is InChI=1S/C56H96NO7P/c1-6-8-10-12-14-16-18-20-22-24-26-27-28-29-30-32-34-36-38-40-42-44-46-48-51-61-53-55(54-63-65(59,60)62-52-50-57(3,4)5)64-56(58)49-47-45-43-41-39-37-35-33-31-25-23-21-19-17-15-13-11-9-7-2/h9,11,15,17-18,20-21,23-24,26,28-29,31,33,37,39,43,45,55H,6-8,10,12-14,16,19,22,25,27,30,32,34-36,38,40-42,44,46-54H2,1-5H3/p+1/b11-9-,17-15-,20-18-,23-21-,26-24-,29-28-,33-31-,39-37-,45-43-. The van der Waals surface area contributed by atoms with Gasteiger partial charge in [-0.3, -0.25) is 13.8 Å². The molecule has 0 saturated carbocycles. The quantitative estimate of drug-likeness (QED) is 0.0214. The first kappa shape index (κ1) is 62.2. The molecule has 0 aromatic carbocycles. The van der Waals surface area contributed by atoms with Gasteiger partial charge in [0.05, 0.1) is 34.4 Å². The summed E-state index contributed by atoms with van der Waals surface area (Å²) in [6.07, 6.45) is 67.3. The van der Waals surface area contributed by atoms with Gasteiger partial charge >= 0.3 is 13.8 Å². The van der Waals surface area contributed by atoms with Crippen LogP contribution in [0, 0.1) is 0 Å². The second-order valence-corrected chi connectivity index (χ2v) is 19.3. The minimum Gasteiger partial charge on any atom is -0.457 e. The summed E-state index contributed by atoms with van der Waals surface area (Å²) in [5, 5.41) is 0. The number of carbonyl (C=O) groups is 1. The number of allylic oxidation sites excluding steroid dienone is 18. The van der Waals surface area contributed by atoms with Crippen LogP contribution in [-0.2, 0) is 27.9 Å². The van der Waals surface area contributed by atoms with Gasteiger partial charge in [-0.15, -0.1) is 0 Å². The molecule has 0 aromatic rings. The first-order chi connectivity index (χ1) is 31.6. The molecule has 0 spiro atoms. The van der Waals surface area contributed by atoms with Gasteiger partial charge in [-0.25, -0.2) is 4.57 Å². The highest BCUT2D eigenvalue weighted by Crippen LogP contribution is 2.43. The first-order valence-corrected chi connectivity index (χ1v) is 27.1. The van der Waals surface area contributed by atoms with Gasteiger partial charge in [0.1, 0.15) is 19.3 Å². The van der Waals surface area contributed by atoms with E-state index in [9.17, 15) is 14.3 Å². The van der Waals surface area contributed by atoms with Crippen molar-refractivity contribution in [3.8, 4) is 0 Å². The zero-order chi connectivity index (χ0) is 47.6. The molecule has 0 bridgehead atoms. The van der Waals surface area contributed by atoms with E-state index in [4.69, 9.17) is 18.5 Å². The van der Waals surface area contributed by atoms with E-state index in [0.29, 0.717) is 24.1 Å². The first-order valence-electron chi connectivity index (χ1n) is 25.6. The molecule has 65 heavy (non-hydrogen) atoms. The highest BCUT2D eigenvalue weighted by molar-refractivity contribution is 7.47. The topological polar surface area (TPSA) is 91.3 Å². The zero-order valence-corrected chi connectivity index (χ0v) is 43.1. The van der Waals surface area contributed by atoms with Crippen LogP contribution in [0.1, 0.15) is 181 Å². The van der Waals surface area contributed by atoms with Crippen LogP contribution in [0.4, 0.5) is 0 Å². The van der Waals surface area contributed by atoms with Gasteiger partial charge in [0.25, 0.3) is 0 Å². The Bertz CT molecular complexity index is 1400. The molecule has 0 aromatic heterocycles. The highest BCUT2D eigenvalue weighted by atomic mass is 31.2. The van der Waals surface area contributed by atoms with Gasteiger partial charge in [0.15, 0.2) is 0 Å². The number of ether oxygens (including phenoxy) is 2. The molecule has 2 unspecified atom stereocenters. The lowest BCUT2D eigenvalue weighted by atomic mass is 10.1. The summed E-state index contributed by atoms with van der Waals surface area (Å²) in [7, 11) is 1.60. The largest absolute Gasteiger partial charge is 0.472 e. The molecule has 0 aliphatic carbocycles. The number of hydrogen-bond donors (Lipinski definition) is 1. The Labute approximate surface area is 400 Å². The van der Waals surface area contributed by atoms with E-state index >= 15 is 0 Å². The van der Waals surface area contributed by atoms with Crippen molar-refractivity contribution < 1.29 is 37.3 Å². The zero-order valence-electron chi connectivity index (χ0n) is 42.2. The maximum absolute atomic E-state index is 12.7. The van der Waals surface area contributed by atoms with Crippen LogP contribution in [0.2, 0.25) is 0 Å². The van der Waals surface area contributed by atoms with Crippen molar-refractivity contribution in [1.82, 2.24) is 0 Å². The van der Waals surface area contributed by atoms with E-state index in [-0.39, 0.29) is 26.2 Å². The van der Waals surface area contributed by atoms with Gasteiger partial charge in [-0.05, 0) is 89.9 Å². The smallest absolute Gasteiger partial charge is 0.457 e. The van der Waals surface area contributed by atoms with Crippen molar-refractivity contribution in [2.75, 3.05) is 54.1 Å². The molecule has 0 fully saturated rings. The number of rotatable bonds is 46. The maximum atomic E-state index is 12.7. The van der Waals surface area contributed by atoms with Crippen LogP contribution in [-0.4, -0.2) is 75.6 Å². The molecule has 0 aliphatic rings. The molecule has 1 N–H and O–H groups in total. The predicted molar refractivity (Wildman–Crippen MR) is 279 cm³/mol. The number of hydrogen-bond acceptors (Lipinski definition) is 6. The number of nitrogens with zero attached hydrogens (tertiary/aromatic N) is 1. The molecule has 372 valence electrons. The van der Waals surface area contributed by atoms with Crippen molar-refractivity contribution in [3.63, 3.8) is 0 Å². The summed E-state index contributed by atoms with van der Waals surface area (Å²) in [6, 6.07) is 0. The fraction of sp³-hybridized carbons (Fsp3) is 0.661. The van der Waals surface area contributed by atoms with Gasteiger partial charge in [0.2, 0.25) is 0 Å². The van der Waals surface area contributed by atoms with Crippen LogP contribution in [0.15, 0.2) is 109 Å². The minimum atomic E-state index is -4.31. The van der Waals surface area contributed by atoms with Crippen molar-refractivity contribution in [2.45, 2.75) is 187 Å². The fourth-order valence-corrected chi connectivity index (χ4v) is 7.15. The van der Waals surface area contributed by atoms with E-state index in [0.717, 1.165) is 64.2 Å². The van der Waals surface area contributed by atoms with E-state index in [2.05, 4.69) is 111 Å². The van der Waals surface area contributed by atoms with Crippen LogP contribution >= 0.6 is 7.82 Å². The molecule has 0 saturated heterocycles. The van der Waals surface area contributed by atoms with Crippen LogP contribution in [0.25, 0.3) is 0 Å². The van der Waals surface area contributed by atoms with Gasteiger partial charge in [-0.1, -0.05) is 194 Å². The Morgan fingerprint density at radius 2 is 0.892 bits per heavy atom. The van der Waals surface area contributed by atoms with Crippen molar-refractivity contribution in [2.24, 2.45) is 0 Å². The summed E-state index contributed by atoms with van der Waals surface area (Å²) in [5.41, 5.74) is 0. The van der Waals surface area contributed by atoms with E-state index in [1.807, 2.05) is 33.3 Å². The summed E-state index contributed by atoms with van der Waals surface area (Å²) >= 11 is 0. The highest BCUT2D eigenvalue weighted by Gasteiger charge is 2.26. The Balaban J connectivity index is 4.28. The molecule has 0 rings (SSSR count). The van der Waals surface area contributed by atoms with Crippen molar-refractivity contribution in [3.05, 3.63) is 109 Å². The molecular weight excluding hydrogens is 830 g/mol. The average Bonchev–Trinajstić information content (AvgIpc) is 3.27. The number of esters is 1. The average molecular weight is 927 g/mol. The molecule has 0 amide bonds. The molecule has 0 radical (unpaired) electrons. The Kier molecular flexibility index (Phi) is 45.6. The van der Waals surface area contributed by atoms with E-state index in [1.165, 1.54) is 89.9 Å². The van der Waals surface area contributed by atoms with Gasteiger partial charge < -0.3 is 18.9 Å². The van der Waals surface area contributed by atoms with E-state index < -0.39 is 19.9 Å². The van der Waals surface area contributed by atoms with Gasteiger partial charge in [-0.2, -0.15) is 0 Å². The Hall–Kier alpha value is -2.84.